The Morgan fingerprint density at radius 2 is 2.07 bits per heavy atom. The van der Waals surface area contributed by atoms with Crippen molar-refractivity contribution in [2.45, 2.75) is 12.8 Å². The van der Waals surface area contributed by atoms with Crippen LogP contribution in [0.2, 0.25) is 5.02 Å². The first-order chi connectivity index (χ1) is 14.0. The summed E-state index contributed by atoms with van der Waals surface area (Å²) in [5.41, 5.74) is 1.38. The second kappa shape index (κ2) is 8.00. The van der Waals surface area contributed by atoms with Gasteiger partial charge >= 0.3 is 5.97 Å². The summed E-state index contributed by atoms with van der Waals surface area (Å²) in [6.45, 7) is 0.210. The molecule has 0 spiro atoms. The molecule has 2 heterocycles. The summed E-state index contributed by atoms with van der Waals surface area (Å²) >= 11 is 6.05. The monoisotopic (exact) mass is 416 g/mol. The number of amides is 2. The Hall–Kier alpha value is -3.26. The van der Waals surface area contributed by atoms with Crippen LogP contribution in [0.4, 0.5) is 11.4 Å². The number of rotatable bonds is 5. The van der Waals surface area contributed by atoms with Crippen LogP contribution >= 0.6 is 11.6 Å². The van der Waals surface area contributed by atoms with E-state index in [1.165, 1.54) is 12.1 Å². The van der Waals surface area contributed by atoms with Gasteiger partial charge in [-0.25, -0.2) is 4.79 Å². The van der Waals surface area contributed by atoms with E-state index in [4.69, 9.17) is 25.8 Å². The Balaban J connectivity index is 1.35. The molecule has 1 fully saturated rings. The Morgan fingerprint density at radius 1 is 1.21 bits per heavy atom. The van der Waals surface area contributed by atoms with E-state index in [2.05, 4.69) is 5.32 Å². The molecule has 4 rings (SSSR count). The van der Waals surface area contributed by atoms with Gasteiger partial charge in [0, 0.05) is 24.3 Å². The molecule has 0 saturated carbocycles. The summed E-state index contributed by atoms with van der Waals surface area (Å²) in [7, 11) is 0. The minimum absolute atomic E-state index is 0.0258. The number of hydrogen-bond donors (Lipinski definition) is 1. The molecule has 2 aliphatic rings. The minimum Gasteiger partial charge on any atom is -0.454 e. The number of nitrogens with zero attached hydrogens (tertiary/aromatic N) is 1. The second-order valence-electron chi connectivity index (χ2n) is 6.52. The fourth-order valence-electron chi connectivity index (χ4n) is 3.17. The average Bonchev–Trinajstić information content (AvgIpc) is 3.35. The fraction of sp³-hybridized carbons (Fsp3) is 0.250. The molecule has 0 aromatic heterocycles. The molecule has 0 unspecified atom stereocenters. The molecule has 0 radical (unpaired) electrons. The van der Waals surface area contributed by atoms with Gasteiger partial charge in [-0.2, -0.15) is 0 Å². The second-order valence-corrected chi connectivity index (χ2v) is 6.92. The van der Waals surface area contributed by atoms with E-state index in [9.17, 15) is 14.4 Å². The SMILES string of the molecule is O=C(COC(=O)c1cc(Cl)c2c(c1)OCO2)Nc1cccc(N2CCCC2=O)c1. The molecule has 0 bridgehead atoms. The van der Waals surface area contributed by atoms with Crippen molar-refractivity contribution in [1.82, 2.24) is 0 Å². The lowest BCUT2D eigenvalue weighted by Gasteiger charge is -2.16. The van der Waals surface area contributed by atoms with Gasteiger partial charge in [-0.3, -0.25) is 9.59 Å². The van der Waals surface area contributed by atoms with Gasteiger partial charge in [0.15, 0.2) is 18.1 Å². The van der Waals surface area contributed by atoms with Crippen LogP contribution in [0.5, 0.6) is 11.5 Å². The van der Waals surface area contributed by atoms with Crippen LogP contribution in [-0.4, -0.2) is 37.7 Å². The van der Waals surface area contributed by atoms with Crippen molar-refractivity contribution in [3.63, 3.8) is 0 Å². The van der Waals surface area contributed by atoms with E-state index in [1.54, 1.807) is 23.1 Å². The topological polar surface area (TPSA) is 94.2 Å². The molecule has 1 N–H and O–H groups in total. The largest absolute Gasteiger partial charge is 0.454 e. The molecule has 0 aliphatic carbocycles. The summed E-state index contributed by atoms with van der Waals surface area (Å²) in [5.74, 6) is -0.434. The molecule has 2 aliphatic heterocycles. The maximum atomic E-state index is 12.2. The summed E-state index contributed by atoms with van der Waals surface area (Å²) in [6.07, 6.45) is 1.34. The maximum Gasteiger partial charge on any atom is 0.338 e. The summed E-state index contributed by atoms with van der Waals surface area (Å²) in [6, 6.07) is 9.80. The van der Waals surface area contributed by atoms with Crippen molar-refractivity contribution in [1.29, 1.82) is 0 Å². The van der Waals surface area contributed by atoms with Crippen molar-refractivity contribution in [3.8, 4) is 11.5 Å². The lowest BCUT2D eigenvalue weighted by Crippen LogP contribution is -2.24. The van der Waals surface area contributed by atoms with Crippen LogP contribution < -0.4 is 19.7 Å². The van der Waals surface area contributed by atoms with Crippen molar-refractivity contribution >= 4 is 40.8 Å². The predicted molar refractivity (Wildman–Crippen MR) is 105 cm³/mol. The molecule has 150 valence electrons. The van der Waals surface area contributed by atoms with Crippen LogP contribution in [0, 0.1) is 0 Å². The van der Waals surface area contributed by atoms with Gasteiger partial charge in [0.05, 0.1) is 10.6 Å². The van der Waals surface area contributed by atoms with E-state index >= 15 is 0 Å². The molecule has 0 atom stereocenters. The highest BCUT2D eigenvalue weighted by Gasteiger charge is 2.23. The number of anilines is 2. The van der Waals surface area contributed by atoms with Crippen molar-refractivity contribution in [2.24, 2.45) is 0 Å². The predicted octanol–water partition coefficient (Wildman–Crippen LogP) is 2.99. The van der Waals surface area contributed by atoms with E-state index in [1.807, 2.05) is 6.07 Å². The zero-order chi connectivity index (χ0) is 20.4. The molecular formula is C20H17ClN2O6. The van der Waals surface area contributed by atoms with E-state index in [-0.39, 0.29) is 23.3 Å². The zero-order valence-corrected chi connectivity index (χ0v) is 16.0. The minimum atomic E-state index is -0.711. The summed E-state index contributed by atoms with van der Waals surface area (Å²) in [4.78, 5) is 37.9. The molecule has 2 aromatic carbocycles. The standard InChI is InChI=1S/C20H17ClN2O6/c21-15-7-12(8-16-19(15)29-11-28-16)20(26)27-10-17(24)22-13-3-1-4-14(9-13)23-6-2-5-18(23)25/h1,3-4,7-9H,2,5-6,10-11H2,(H,22,24). The molecule has 1 saturated heterocycles. The summed E-state index contributed by atoms with van der Waals surface area (Å²) in [5, 5.41) is 2.88. The third-order valence-electron chi connectivity index (χ3n) is 4.51. The first kappa shape index (κ1) is 19.1. The van der Waals surface area contributed by atoms with Crippen molar-refractivity contribution in [2.75, 3.05) is 30.2 Å². The van der Waals surface area contributed by atoms with Gasteiger partial charge in [-0.15, -0.1) is 0 Å². The molecule has 2 amide bonds. The van der Waals surface area contributed by atoms with Crippen LogP contribution in [0.1, 0.15) is 23.2 Å². The van der Waals surface area contributed by atoms with Crippen molar-refractivity contribution < 1.29 is 28.6 Å². The highest BCUT2D eigenvalue weighted by Crippen LogP contribution is 2.39. The summed E-state index contributed by atoms with van der Waals surface area (Å²) < 4.78 is 15.5. The van der Waals surface area contributed by atoms with Gasteiger partial charge in [0.1, 0.15) is 0 Å². The number of benzene rings is 2. The van der Waals surface area contributed by atoms with Gasteiger partial charge in [-0.05, 0) is 36.8 Å². The van der Waals surface area contributed by atoms with Gasteiger partial charge in [0.25, 0.3) is 5.91 Å². The van der Waals surface area contributed by atoms with E-state index in [0.717, 1.165) is 12.1 Å². The number of carbonyl (C=O) groups is 3. The Morgan fingerprint density at radius 3 is 2.86 bits per heavy atom. The smallest absolute Gasteiger partial charge is 0.338 e. The third kappa shape index (κ3) is 4.12. The Bertz CT molecular complexity index is 993. The lowest BCUT2D eigenvalue weighted by atomic mass is 10.2. The first-order valence-corrected chi connectivity index (χ1v) is 9.35. The highest BCUT2D eigenvalue weighted by molar-refractivity contribution is 6.32. The molecule has 29 heavy (non-hydrogen) atoms. The zero-order valence-electron chi connectivity index (χ0n) is 15.3. The average molecular weight is 417 g/mol. The number of fused-ring (bicyclic) bond motifs is 1. The number of ether oxygens (including phenoxy) is 3. The van der Waals surface area contributed by atoms with E-state index in [0.29, 0.717) is 30.2 Å². The number of halogens is 1. The normalized spacial score (nSPS) is 14.8. The van der Waals surface area contributed by atoms with Crippen LogP contribution in [0.3, 0.4) is 0 Å². The van der Waals surface area contributed by atoms with Crippen molar-refractivity contribution in [3.05, 3.63) is 47.0 Å². The number of nitrogens with one attached hydrogen (secondary N) is 1. The number of carbonyl (C=O) groups excluding carboxylic acids is 3. The van der Waals surface area contributed by atoms with Crippen LogP contribution in [-0.2, 0) is 14.3 Å². The van der Waals surface area contributed by atoms with E-state index < -0.39 is 18.5 Å². The lowest BCUT2D eigenvalue weighted by molar-refractivity contribution is -0.119. The quantitative estimate of drug-likeness (QED) is 0.753. The Kier molecular flexibility index (Phi) is 5.26. The number of esters is 1. The van der Waals surface area contributed by atoms with Crippen LogP contribution in [0.25, 0.3) is 0 Å². The maximum absolute atomic E-state index is 12.2. The third-order valence-corrected chi connectivity index (χ3v) is 4.79. The van der Waals surface area contributed by atoms with Gasteiger partial charge in [0.2, 0.25) is 12.7 Å². The molecule has 2 aromatic rings. The van der Waals surface area contributed by atoms with Crippen LogP contribution in [0.15, 0.2) is 36.4 Å². The molecule has 9 heteroatoms. The Labute approximate surface area is 171 Å². The molecular weight excluding hydrogens is 400 g/mol. The van der Waals surface area contributed by atoms with Gasteiger partial charge in [-0.1, -0.05) is 17.7 Å². The number of hydrogen-bond acceptors (Lipinski definition) is 6. The molecule has 8 nitrogen and oxygen atoms in total. The van der Waals surface area contributed by atoms with Gasteiger partial charge < -0.3 is 24.4 Å². The first-order valence-electron chi connectivity index (χ1n) is 8.98. The fourth-order valence-corrected chi connectivity index (χ4v) is 3.43. The highest BCUT2D eigenvalue weighted by atomic mass is 35.5.